The number of carbonyl (C=O) groups excluding carboxylic acids is 3. The second-order valence-corrected chi connectivity index (χ2v) is 7.36. The molecule has 0 saturated carbocycles. The highest BCUT2D eigenvalue weighted by Crippen LogP contribution is 2.33. The number of hydrogen-bond acceptors (Lipinski definition) is 4. The maximum atomic E-state index is 12.4. The van der Waals surface area contributed by atoms with Crippen molar-refractivity contribution in [3.8, 4) is 5.75 Å². The fourth-order valence-corrected chi connectivity index (χ4v) is 3.66. The second-order valence-electron chi connectivity index (χ2n) is 7.36. The molecule has 0 bridgehead atoms. The molecule has 3 rings (SSSR count). The van der Waals surface area contributed by atoms with Crippen LogP contribution in [0, 0.1) is 0 Å². The van der Waals surface area contributed by atoms with Crippen molar-refractivity contribution in [3.05, 3.63) is 24.3 Å². The number of anilines is 1. The molecular formula is C21H29N3O4. The van der Waals surface area contributed by atoms with E-state index in [1.165, 1.54) is 0 Å². The molecule has 2 aliphatic heterocycles. The van der Waals surface area contributed by atoms with Crippen LogP contribution in [0.2, 0.25) is 0 Å². The van der Waals surface area contributed by atoms with Crippen molar-refractivity contribution in [3.63, 3.8) is 0 Å². The number of amides is 3. The molecule has 3 amide bonds. The van der Waals surface area contributed by atoms with Crippen LogP contribution in [-0.4, -0.2) is 54.9 Å². The van der Waals surface area contributed by atoms with Crippen molar-refractivity contribution in [1.29, 1.82) is 0 Å². The van der Waals surface area contributed by atoms with Crippen molar-refractivity contribution in [1.82, 2.24) is 10.2 Å². The first-order valence-electron chi connectivity index (χ1n) is 10.2. The fraction of sp³-hybridized carbons (Fsp3) is 0.571. The number of nitrogens with zero attached hydrogens (tertiary/aromatic N) is 2. The van der Waals surface area contributed by atoms with E-state index >= 15 is 0 Å². The predicted octanol–water partition coefficient (Wildman–Crippen LogP) is 2.10. The van der Waals surface area contributed by atoms with Crippen LogP contribution in [-0.2, 0) is 14.4 Å². The highest BCUT2D eigenvalue weighted by atomic mass is 16.5. The van der Waals surface area contributed by atoms with E-state index in [1.54, 1.807) is 11.8 Å². The second kappa shape index (κ2) is 9.57. The van der Waals surface area contributed by atoms with Crippen LogP contribution < -0.4 is 15.0 Å². The number of likely N-dealkylation sites (tertiary alicyclic amines) is 1. The molecule has 7 heteroatoms. The van der Waals surface area contributed by atoms with Gasteiger partial charge < -0.3 is 19.9 Å². The Balaban J connectivity index is 1.42. The molecule has 152 valence electrons. The zero-order chi connectivity index (χ0) is 19.9. The van der Waals surface area contributed by atoms with Crippen LogP contribution in [0.15, 0.2) is 24.3 Å². The van der Waals surface area contributed by atoms with Crippen molar-refractivity contribution in [2.24, 2.45) is 0 Å². The molecule has 2 heterocycles. The highest BCUT2D eigenvalue weighted by Gasteiger charge is 2.31. The van der Waals surface area contributed by atoms with Crippen LogP contribution in [0.3, 0.4) is 0 Å². The average molecular weight is 387 g/mol. The Bertz CT molecular complexity index is 721. The number of hydrogen-bond donors (Lipinski definition) is 1. The molecule has 1 fully saturated rings. The zero-order valence-corrected chi connectivity index (χ0v) is 16.5. The van der Waals surface area contributed by atoms with E-state index in [4.69, 9.17) is 4.74 Å². The maximum Gasteiger partial charge on any atom is 0.267 e. The molecule has 2 aliphatic rings. The smallest absolute Gasteiger partial charge is 0.267 e. The van der Waals surface area contributed by atoms with E-state index in [0.29, 0.717) is 37.5 Å². The first kappa shape index (κ1) is 20.2. The van der Waals surface area contributed by atoms with Gasteiger partial charge in [0.1, 0.15) is 5.75 Å². The van der Waals surface area contributed by atoms with Gasteiger partial charge in [-0.25, -0.2) is 0 Å². The molecular weight excluding hydrogens is 358 g/mol. The molecule has 1 N–H and O–H groups in total. The summed E-state index contributed by atoms with van der Waals surface area (Å²) in [5.74, 6) is 0.664. The van der Waals surface area contributed by atoms with E-state index in [0.717, 1.165) is 32.2 Å². The number of para-hydroxylation sites is 2. The molecule has 0 spiro atoms. The van der Waals surface area contributed by atoms with Gasteiger partial charge in [-0.2, -0.15) is 0 Å². The number of benzene rings is 1. The molecule has 1 saturated heterocycles. The van der Waals surface area contributed by atoms with Gasteiger partial charge in [0.15, 0.2) is 6.10 Å². The summed E-state index contributed by atoms with van der Waals surface area (Å²) in [6.07, 6.45) is 4.22. The third-order valence-corrected chi connectivity index (χ3v) is 5.23. The van der Waals surface area contributed by atoms with Crippen molar-refractivity contribution in [2.75, 3.05) is 31.1 Å². The van der Waals surface area contributed by atoms with Crippen LogP contribution in [0.4, 0.5) is 5.69 Å². The third-order valence-electron chi connectivity index (χ3n) is 5.23. The lowest BCUT2D eigenvalue weighted by Crippen LogP contribution is -2.45. The summed E-state index contributed by atoms with van der Waals surface area (Å²) in [5.41, 5.74) is 0.707. The van der Waals surface area contributed by atoms with E-state index in [2.05, 4.69) is 5.32 Å². The van der Waals surface area contributed by atoms with Crippen LogP contribution in [0.1, 0.15) is 45.4 Å². The normalized spacial score (nSPS) is 19.7. The molecule has 0 aliphatic carbocycles. The molecule has 1 aromatic carbocycles. The SMILES string of the molecule is CC1Oc2ccccc2N(CCC(=O)NCCCN2CCCCCC2=O)C1=O. The van der Waals surface area contributed by atoms with E-state index in [-0.39, 0.29) is 24.1 Å². The Morgan fingerprint density at radius 1 is 1.18 bits per heavy atom. The summed E-state index contributed by atoms with van der Waals surface area (Å²) in [6.45, 7) is 4.08. The Morgan fingerprint density at radius 3 is 2.86 bits per heavy atom. The van der Waals surface area contributed by atoms with E-state index in [9.17, 15) is 14.4 Å². The predicted molar refractivity (Wildman–Crippen MR) is 106 cm³/mol. The van der Waals surface area contributed by atoms with Gasteiger partial charge in [0.05, 0.1) is 5.69 Å². The Morgan fingerprint density at radius 2 is 2.00 bits per heavy atom. The quantitative estimate of drug-likeness (QED) is 0.727. The van der Waals surface area contributed by atoms with E-state index < -0.39 is 6.10 Å². The largest absolute Gasteiger partial charge is 0.479 e. The maximum absolute atomic E-state index is 12.4. The Labute approximate surface area is 166 Å². The van der Waals surface area contributed by atoms with Crippen LogP contribution >= 0.6 is 0 Å². The minimum atomic E-state index is -0.552. The molecule has 0 aromatic heterocycles. The summed E-state index contributed by atoms with van der Waals surface area (Å²) in [7, 11) is 0. The molecule has 0 radical (unpaired) electrons. The first-order chi connectivity index (χ1) is 13.6. The van der Waals surface area contributed by atoms with Crippen molar-refractivity contribution in [2.45, 2.75) is 51.6 Å². The number of fused-ring (bicyclic) bond motifs is 1. The Hall–Kier alpha value is -2.57. The van der Waals surface area contributed by atoms with Crippen LogP contribution in [0.5, 0.6) is 5.75 Å². The van der Waals surface area contributed by atoms with Gasteiger partial charge in [-0.1, -0.05) is 18.6 Å². The highest BCUT2D eigenvalue weighted by molar-refractivity contribution is 6.00. The lowest BCUT2D eigenvalue weighted by atomic mass is 10.1. The summed E-state index contributed by atoms with van der Waals surface area (Å²) in [6, 6.07) is 7.37. The summed E-state index contributed by atoms with van der Waals surface area (Å²) in [4.78, 5) is 40.1. The first-order valence-corrected chi connectivity index (χ1v) is 10.2. The van der Waals surface area contributed by atoms with Gasteiger partial charge in [0.2, 0.25) is 11.8 Å². The third kappa shape index (κ3) is 5.03. The summed E-state index contributed by atoms with van der Waals surface area (Å²) in [5, 5.41) is 2.90. The van der Waals surface area contributed by atoms with Gasteiger partial charge in [-0.3, -0.25) is 14.4 Å². The Kier molecular flexibility index (Phi) is 6.90. The average Bonchev–Trinajstić information content (AvgIpc) is 2.90. The number of nitrogens with one attached hydrogen (secondary N) is 1. The number of carbonyl (C=O) groups is 3. The number of ether oxygens (including phenoxy) is 1. The minimum absolute atomic E-state index is 0.0911. The molecule has 28 heavy (non-hydrogen) atoms. The molecule has 1 aromatic rings. The number of rotatable bonds is 7. The molecule has 1 atom stereocenters. The van der Waals surface area contributed by atoms with Gasteiger partial charge in [-0.05, 0) is 38.3 Å². The standard InChI is InChI=1S/C21H29N3O4/c1-16-21(27)24(17-8-4-5-9-18(17)28-16)15-11-19(25)22-12-7-14-23-13-6-2-3-10-20(23)26/h4-5,8-9,16H,2-3,6-7,10-15H2,1H3,(H,22,25). The van der Waals surface area contributed by atoms with Crippen LogP contribution in [0.25, 0.3) is 0 Å². The molecule has 7 nitrogen and oxygen atoms in total. The van der Waals surface area contributed by atoms with Gasteiger partial charge in [0, 0.05) is 39.0 Å². The van der Waals surface area contributed by atoms with Crippen molar-refractivity contribution < 1.29 is 19.1 Å². The van der Waals surface area contributed by atoms with Crippen molar-refractivity contribution >= 4 is 23.4 Å². The lowest BCUT2D eigenvalue weighted by molar-refractivity contribution is -0.130. The summed E-state index contributed by atoms with van der Waals surface area (Å²) >= 11 is 0. The van der Waals surface area contributed by atoms with Gasteiger partial charge in [0.25, 0.3) is 5.91 Å². The zero-order valence-electron chi connectivity index (χ0n) is 16.5. The molecule has 1 unspecified atom stereocenters. The van der Waals surface area contributed by atoms with E-state index in [1.807, 2.05) is 29.2 Å². The topological polar surface area (TPSA) is 79.0 Å². The minimum Gasteiger partial charge on any atom is -0.479 e. The summed E-state index contributed by atoms with van der Waals surface area (Å²) < 4.78 is 5.61. The van der Waals surface area contributed by atoms with Gasteiger partial charge >= 0.3 is 0 Å². The fourth-order valence-electron chi connectivity index (χ4n) is 3.66. The lowest BCUT2D eigenvalue weighted by Gasteiger charge is -2.32. The van der Waals surface area contributed by atoms with Gasteiger partial charge in [-0.15, -0.1) is 0 Å². The monoisotopic (exact) mass is 387 g/mol.